The van der Waals surface area contributed by atoms with Gasteiger partial charge in [-0.05, 0) is 18.7 Å². The average molecular weight is 280 g/mol. The lowest BCUT2D eigenvalue weighted by Crippen LogP contribution is -2.12. The molecule has 2 rings (SSSR count). The third-order valence-electron chi connectivity index (χ3n) is 2.73. The van der Waals surface area contributed by atoms with Crippen molar-refractivity contribution in [3.8, 4) is 0 Å². The molecule has 3 nitrogen and oxygen atoms in total. The SMILES string of the molecule is CCNCc1cnc(Cc2c(F)cccc2Cl)nc1. The standard InChI is InChI=1S/C14H15ClFN3/c1-2-17-7-10-8-18-14(19-9-10)6-11-12(15)4-3-5-13(11)16/h3-5,8-9,17H,2,6-7H2,1H3. The highest BCUT2D eigenvalue weighted by molar-refractivity contribution is 6.31. The van der Waals surface area contributed by atoms with Crippen molar-refractivity contribution in [2.24, 2.45) is 0 Å². The van der Waals surface area contributed by atoms with E-state index in [0.717, 1.165) is 18.7 Å². The molecule has 0 radical (unpaired) electrons. The number of aromatic nitrogens is 2. The Hall–Kier alpha value is -1.52. The first-order chi connectivity index (χ1) is 9.20. The number of hydrogen-bond acceptors (Lipinski definition) is 3. The molecule has 1 N–H and O–H groups in total. The zero-order chi connectivity index (χ0) is 13.7. The Balaban J connectivity index is 2.11. The second kappa shape index (κ2) is 6.59. The molecule has 1 aromatic heterocycles. The van der Waals surface area contributed by atoms with Crippen LogP contribution in [0.1, 0.15) is 23.9 Å². The topological polar surface area (TPSA) is 37.8 Å². The van der Waals surface area contributed by atoms with Gasteiger partial charge in [0.25, 0.3) is 0 Å². The molecule has 0 saturated heterocycles. The number of nitrogens with zero attached hydrogens (tertiary/aromatic N) is 2. The summed E-state index contributed by atoms with van der Waals surface area (Å²) in [5, 5.41) is 3.59. The lowest BCUT2D eigenvalue weighted by molar-refractivity contribution is 0.612. The molecule has 5 heteroatoms. The fourth-order valence-electron chi connectivity index (χ4n) is 1.69. The molecule has 0 atom stereocenters. The number of nitrogens with one attached hydrogen (secondary N) is 1. The number of hydrogen-bond donors (Lipinski definition) is 1. The number of benzene rings is 1. The summed E-state index contributed by atoms with van der Waals surface area (Å²) in [6, 6.07) is 4.64. The van der Waals surface area contributed by atoms with Crippen LogP contribution in [0.3, 0.4) is 0 Å². The van der Waals surface area contributed by atoms with Crippen molar-refractivity contribution in [1.29, 1.82) is 0 Å². The Kier molecular flexibility index (Phi) is 4.82. The van der Waals surface area contributed by atoms with Crippen molar-refractivity contribution >= 4 is 11.6 Å². The highest BCUT2D eigenvalue weighted by Gasteiger charge is 2.09. The smallest absolute Gasteiger partial charge is 0.132 e. The van der Waals surface area contributed by atoms with Gasteiger partial charge in [0, 0.05) is 41.5 Å². The van der Waals surface area contributed by atoms with E-state index in [1.807, 2.05) is 6.92 Å². The van der Waals surface area contributed by atoms with Crippen LogP contribution in [0, 0.1) is 5.82 Å². The molecule has 0 amide bonds. The maximum Gasteiger partial charge on any atom is 0.132 e. The Labute approximate surface area is 116 Å². The van der Waals surface area contributed by atoms with E-state index in [1.165, 1.54) is 6.07 Å². The lowest BCUT2D eigenvalue weighted by atomic mass is 10.1. The summed E-state index contributed by atoms with van der Waals surface area (Å²) in [5.74, 6) is 0.236. The van der Waals surface area contributed by atoms with Crippen LogP contribution in [-0.4, -0.2) is 16.5 Å². The summed E-state index contributed by atoms with van der Waals surface area (Å²) in [7, 11) is 0. The quantitative estimate of drug-likeness (QED) is 0.914. The van der Waals surface area contributed by atoms with Crippen molar-refractivity contribution in [2.45, 2.75) is 19.9 Å². The number of halogens is 2. The Morgan fingerprint density at radius 1 is 1.26 bits per heavy atom. The van der Waals surface area contributed by atoms with Crippen LogP contribution in [0.5, 0.6) is 0 Å². The minimum absolute atomic E-state index is 0.299. The maximum atomic E-state index is 13.6. The van der Waals surface area contributed by atoms with Gasteiger partial charge in [0.1, 0.15) is 11.6 Å². The first-order valence-electron chi connectivity index (χ1n) is 6.14. The lowest BCUT2D eigenvalue weighted by Gasteiger charge is -2.06. The summed E-state index contributed by atoms with van der Waals surface area (Å²) in [6.45, 7) is 3.67. The van der Waals surface area contributed by atoms with Crippen molar-refractivity contribution in [3.05, 3.63) is 58.4 Å². The van der Waals surface area contributed by atoms with E-state index >= 15 is 0 Å². The van der Waals surface area contributed by atoms with Crippen LogP contribution in [0.2, 0.25) is 5.02 Å². The molecule has 1 aromatic carbocycles. The van der Waals surface area contributed by atoms with Gasteiger partial charge >= 0.3 is 0 Å². The number of rotatable bonds is 5. The predicted molar refractivity (Wildman–Crippen MR) is 73.6 cm³/mol. The molecule has 0 spiro atoms. The van der Waals surface area contributed by atoms with Gasteiger partial charge in [-0.1, -0.05) is 24.6 Å². The van der Waals surface area contributed by atoms with Crippen LogP contribution in [0.25, 0.3) is 0 Å². The van der Waals surface area contributed by atoms with E-state index < -0.39 is 0 Å². The van der Waals surface area contributed by atoms with Crippen LogP contribution in [0.15, 0.2) is 30.6 Å². The van der Waals surface area contributed by atoms with Crippen LogP contribution in [0.4, 0.5) is 4.39 Å². The van der Waals surface area contributed by atoms with Crippen molar-refractivity contribution in [1.82, 2.24) is 15.3 Å². The summed E-state index contributed by atoms with van der Waals surface area (Å²) >= 11 is 5.97. The van der Waals surface area contributed by atoms with Gasteiger partial charge in [0.15, 0.2) is 0 Å². The third kappa shape index (κ3) is 3.72. The highest BCUT2D eigenvalue weighted by Crippen LogP contribution is 2.20. The molecule has 100 valence electrons. The molecule has 0 unspecified atom stereocenters. The van der Waals surface area contributed by atoms with Gasteiger partial charge in [-0.25, -0.2) is 14.4 Å². The van der Waals surface area contributed by atoms with E-state index in [4.69, 9.17) is 11.6 Å². The Bertz CT molecular complexity index is 523. The van der Waals surface area contributed by atoms with Gasteiger partial charge in [0.2, 0.25) is 0 Å². The first-order valence-corrected chi connectivity index (χ1v) is 6.52. The summed E-state index contributed by atoms with van der Waals surface area (Å²) in [6.07, 6.45) is 3.80. The maximum absolute atomic E-state index is 13.6. The molecule has 0 aliphatic heterocycles. The first kappa shape index (κ1) is 13.9. The largest absolute Gasteiger partial charge is 0.313 e. The molecular formula is C14H15ClFN3. The molecule has 0 aliphatic carbocycles. The van der Waals surface area contributed by atoms with Crippen LogP contribution >= 0.6 is 11.6 Å². The normalized spacial score (nSPS) is 10.7. The van der Waals surface area contributed by atoms with Gasteiger partial charge < -0.3 is 5.32 Å². The minimum atomic E-state index is -0.326. The fraction of sp³-hybridized carbons (Fsp3) is 0.286. The van der Waals surface area contributed by atoms with E-state index in [9.17, 15) is 4.39 Å². The van der Waals surface area contributed by atoms with Crippen LogP contribution < -0.4 is 5.32 Å². The average Bonchev–Trinajstić information content (AvgIpc) is 2.42. The molecule has 0 fully saturated rings. The van der Waals surface area contributed by atoms with Gasteiger partial charge in [-0.15, -0.1) is 0 Å². The second-order valence-corrected chi connectivity index (χ2v) is 4.57. The van der Waals surface area contributed by atoms with Crippen molar-refractivity contribution in [2.75, 3.05) is 6.54 Å². The van der Waals surface area contributed by atoms with E-state index in [-0.39, 0.29) is 5.82 Å². The van der Waals surface area contributed by atoms with Gasteiger partial charge in [-0.2, -0.15) is 0 Å². The minimum Gasteiger partial charge on any atom is -0.313 e. The highest BCUT2D eigenvalue weighted by atomic mass is 35.5. The summed E-state index contributed by atoms with van der Waals surface area (Å²) in [4.78, 5) is 8.47. The fourth-order valence-corrected chi connectivity index (χ4v) is 1.92. The summed E-state index contributed by atoms with van der Waals surface area (Å²) in [5.41, 5.74) is 1.44. The monoisotopic (exact) mass is 279 g/mol. The molecule has 0 bridgehead atoms. The molecular weight excluding hydrogens is 265 g/mol. The molecule has 19 heavy (non-hydrogen) atoms. The zero-order valence-corrected chi connectivity index (χ0v) is 11.4. The van der Waals surface area contributed by atoms with E-state index in [0.29, 0.717) is 22.8 Å². The second-order valence-electron chi connectivity index (χ2n) is 4.16. The van der Waals surface area contributed by atoms with Crippen molar-refractivity contribution in [3.63, 3.8) is 0 Å². The molecule has 0 saturated carbocycles. The zero-order valence-electron chi connectivity index (χ0n) is 10.7. The third-order valence-corrected chi connectivity index (χ3v) is 3.09. The predicted octanol–water partition coefficient (Wildman–Crippen LogP) is 2.97. The molecule has 0 aliphatic rings. The molecule has 1 heterocycles. The van der Waals surface area contributed by atoms with Crippen molar-refractivity contribution < 1.29 is 4.39 Å². The Morgan fingerprint density at radius 2 is 2.00 bits per heavy atom. The van der Waals surface area contributed by atoms with Crippen LogP contribution in [-0.2, 0) is 13.0 Å². The molecule has 2 aromatic rings. The van der Waals surface area contributed by atoms with E-state index in [1.54, 1.807) is 24.5 Å². The van der Waals surface area contributed by atoms with Gasteiger partial charge in [-0.3, -0.25) is 0 Å². The summed E-state index contributed by atoms with van der Waals surface area (Å²) < 4.78 is 13.6. The Morgan fingerprint density at radius 3 is 2.63 bits per heavy atom. The van der Waals surface area contributed by atoms with Gasteiger partial charge in [0.05, 0.1) is 0 Å². The van der Waals surface area contributed by atoms with E-state index in [2.05, 4.69) is 15.3 Å².